The Morgan fingerprint density at radius 2 is 1.59 bits per heavy atom. The molecule has 1 rings (SSSR count). The molecule has 0 spiro atoms. The Hall–Kier alpha value is -0.561. The molecule has 0 amide bonds. The van der Waals surface area contributed by atoms with Gasteiger partial charge < -0.3 is 0 Å². The van der Waals surface area contributed by atoms with Crippen molar-refractivity contribution in [2.24, 2.45) is 11.3 Å². The van der Waals surface area contributed by atoms with Gasteiger partial charge in [-0.15, -0.1) is 0 Å². The third-order valence-corrected chi connectivity index (χ3v) is 10.9. The molecule has 6 heteroatoms. The van der Waals surface area contributed by atoms with Gasteiger partial charge in [0, 0.05) is 0 Å². The quantitative estimate of drug-likeness (QED) is 0.407. The number of carbonyl (C=O) groups excluding carboxylic acids is 2. The second-order valence-corrected chi connectivity index (χ2v) is 21.6. The molecule has 2 atom stereocenters. The van der Waals surface area contributed by atoms with Crippen LogP contribution in [0.25, 0.3) is 0 Å². The van der Waals surface area contributed by atoms with Crippen molar-refractivity contribution in [3.8, 4) is 0 Å². The van der Waals surface area contributed by atoms with Crippen LogP contribution in [0.1, 0.15) is 26.7 Å². The average molecular weight is 419 g/mol. The SMILES string of the molecule is C=[C]([C@H]1CC(C(=O)OCC)(C(=O)OCC)C[C@@H]1O)[Sn]([CH3])([CH3])[CH3]. The zero-order valence-electron chi connectivity index (χ0n) is 14.3. The van der Waals surface area contributed by atoms with Crippen LogP contribution >= 0.6 is 0 Å². The first-order valence-corrected chi connectivity index (χ1v) is 17.8. The van der Waals surface area contributed by atoms with Gasteiger partial charge in [-0.1, -0.05) is 0 Å². The number of ether oxygens (including phenoxy) is 2. The van der Waals surface area contributed by atoms with Crippen molar-refractivity contribution in [2.45, 2.75) is 47.6 Å². The van der Waals surface area contributed by atoms with E-state index in [1.165, 1.54) is 0 Å². The van der Waals surface area contributed by atoms with Crippen molar-refractivity contribution in [3.63, 3.8) is 0 Å². The molecule has 1 saturated carbocycles. The number of hydrogen-bond donors (Lipinski definition) is 1. The normalized spacial score (nSPS) is 23.9. The monoisotopic (exact) mass is 420 g/mol. The molecule has 1 aliphatic rings. The van der Waals surface area contributed by atoms with Crippen LogP contribution in [0.5, 0.6) is 0 Å². The number of esters is 2. The molecule has 0 bridgehead atoms. The van der Waals surface area contributed by atoms with E-state index >= 15 is 0 Å². The van der Waals surface area contributed by atoms with Crippen LogP contribution in [-0.2, 0) is 19.1 Å². The van der Waals surface area contributed by atoms with Gasteiger partial charge in [0.15, 0.2) is 0 Å². The van der Waals surface area contributed by atoms with Gasteiger partial charge in [-0.2, -0.15) is 0 Å². The van der Waals surface area contributed by atoms with E-state index in [-0.39, 0.29) is 32.0 Å². The summed E-state index contributed by atoms with van der Waals surface area (Å²) < 4.78 is 11.2. The van der Waals surface area contributed by atoms with E-state index in [9.17, 15) is 14.7 Å². The molecule has 0 aromatic carbocycles. The van der Waals surface area contributed by atoms with Crippen LogP contribution in [0.4, 0.5) is 0 Å². The predicted octanol–water partition coefficient (Wildman–Crippen LogP) is 2.30. The van der Waals surface area contributed by atoms with E-state index in [0.29, 0.717) is 0 Å². The fourth-order valence-electron chi connectivity index (χ4n) is 2.96. The second kappa shape index (κ2) is 7.34. The summed E-state index contributed by atoms with van der Waals surface area (Å²) in [5, 5.41) is 10.4. The standard InChI is InChI=1S/C13H19O5.3CH3.Sn/c1-4-9-7-13(8-10(9)14,11(15)17-5-2)12(16)18-6-3;;;;/h9-10,14H,1,5-8H2,2-3H3;3*1H3;/t9-,10-;;;;/m0..../s1. The fourth-order valence-corrected chi connectivity index (χ4v) is 6.98. The van der Waals surface area contributed by atoms with Crippen molar-refractivity contribution < 1.29 is 24.2 Å². The molecule has 0 unspecified atom stereocenters. The Morgan fingerprint density at radius 1 is 1.14 bits per heavy atom. The van der Waals surface area contributed by atoms with E-state index in [2.05, 4.69) is 21.4 Å². The molecule has 5 nitrogen and oxygen atoms in total. The molecule has 1 N–H and O–H groups in total. The van der Waals surface area contributed by atoms with Crippen LogP contribution in [0, 0.1) is 11.3 Å². The molecule has 0 aliphatic heterocycles. The summed E-state index contributed by atoms with van der Waals surface area (Å²) in [4.78, 5) is 31.4. The summed E-state index contributed by atoms with van der Waals surface area (Å²) >= 11 is -2.45. The summed E-state index contributed by atoms with van der Waals surface area (Å²) in [7, 11) is 0. The Balaban J connectivity index is 3.13. The van der Waals surface area contributed by atoms with Gasteiger partial charge >= 0.3 is 137 Å². The summed E-state index contributed by atoms with van der Waals surface area (Å²) in [6.45, 7) is 7.95. The van der Waals surface area contributed by atoms with E-state index in [1.807, 2.05) is 0 Å². The molecule has 0 heterocycles. The molecular weight excluding hydrogens is 391 g/mol. The number of aliphatic hydroxyl groups excluding tert-OH is 1. The van der Waals surface area contributed by atoms with Gasteiger partial charge in [0.05, 0.1) is 0 Å². The first-order valence-electron chi connectivity index (χ1n) is 7.82. The first kappa shape index (κ1) is 19.5. The minimum atomic E-state index is -2.45. The Bertz CT molecular complexity index is 434. The Morgan fingerprint density at radius 3 is 1.95 bits per heavy atom. The predicted molar refractivity (Wildman–Crippen MR) is 86.9 cm³/mol. The third kappa shape index (κ3) is 3.85. The van der Waals surface area contributed by atoms with E-state index in [4.69, 9.17) is 9.47 Å². The van der Waals surface area contributed by atoms with Crippen LogP contribution < -0.4 is 0 Å². The summed E-state index contributed by atoms with van der Waals surface area (Å²) in [5.41, 5.74) is -1.39. The number of carbonyl (C=O) groups is 2. The van der Waals surface area contributed by atoms with Crippen molar-refractivity contribution in [1.82, 2.24) is 0 Å². The fraction of sp³-hybridized carbons (Fsp3) is 0.750. The van der Waals surface area contributed by atoms with Crippen molar-refractivity contribution in [2.75, 3.05) is 13.2 Å². The molecule has 22 heavy (non-hydrogen) atoms. The zero-order chi connectivity index (χ0) is 17.1. The van der Waals surface area contributed by atoms with E-state index in [1.54, 1.807) is 13.8 Å². The van der Waals surface area contributed by atoms with Crippen LogP contribution in [0.3, 0.4) is 0 Å². The summed E-state index contributed by atoms with van der Waals surface area (Å²) in [6.07, 6.45) is -0.466. The number of hydrogen-bond acceptors (Lipinski definition) is 5. The molecular formula is C16H28O5Sn. The molecule has 126 valence electrons. The maximum absolute atomic E-state index is 12.4. The summed E-state index contributed by atoms with van der Waals surface area (Å²) in [5.74, 6) is -1.41. The average Bonchev–Trinajstić information content (AvgIpc) is 2.76. The van der Waals surface area contributed by atoms with Crippen molar-refractivity contribution in [3.05, 3.63) is 10.2 Å². The van der Waals surface area contributed by atoms with Gasteiger partial charge in [-0.25, -0.2) is 0 Å². The van der Waals surface area contributed by atoms with Gasteiger partial charge in [-0.05, 0) is 0 Å². The summed E-state index contributed by atoms with van der Waals surface area (Å²) in [6, 6.07) is 0. The van der Waals surface area contributed by atoms with Crippen molar-refractivity contribution in [1.29, 1.82) is 0 Å². The van der Waals surface area contributed by atoms with Crippen LogP contribution in [0.15, 0.2) is 10.2 Å². The van der Waals surface area contributed by atoms with Gasteiger partial charge in [-0.3, -0.25) is 0 Å². The molecule has 0 radical (unpaired) electrons. The van der Waals surface area contributed by atoms with E-state index in [0.717, 1.165) is 3.59 Å². The number of rotatable bonds is 6. The first-order chi connectivity index (χ1) is 10.1. The maximum atomic E-state index is 12.4. The zero-order valence-corrected chi connectivity index (χ0v) is 17.1. The molecule has 1 fully saturated rings. The topological polar surface area (TPSA) is 72.8 Å². The Kier molecular flexibility index (Phi) is 6.50. The third-order valence-electron chi connectivity index (χ3n) is 4.33. The second-order valence-electron chi connectivity index (χ2n) is 6.88. The van der Waals surface area contributed by atoms with Gasteiger partial charge in [0.2, 0.25) is 0 Å². The molecule has 0 aromatic heterocycles. The molecule has 1 aliphatic carbocycles. The van der Waals surface area contributed by atoms with Gasteiger partial charge in [0.1, 0.15) is 0 Å². The molecule has 0 saturated heterocycles. The van der Waals surface area contributed by atoms with Crippen molar-refractivity contribution >= 4 is 30.3 Å². The van der Waals surface area contributed by atoms with Crippen LogP contribution in [0.2, 0.25) is 14.8 Å². The van der Waals surface area contributed by atoms with Crippen LogP contribution in [-0.4, -0.2) is 54.7 Å². The number of aliphatic hydroxyl groups is 1. The molecule has 0 aromatic rings. The van der Waals surface area contributed by atoms with Gasteiger partial charge in [0.25, 0.3) is 0 Å². The minimum absolute atomic E-state index is 0.0519. The van der Waals surface area contributed by atoms with E-state index < -0.39 is 41.8 Å². The Labute approximate surface area is 136 Å².